The van der Waals surface area contributed by atoms with E-state index in [-0.39, 0.29) is 0 Å². The number of likely N-dealkylation sites (tertiary alicyclic amines) is 1. The third-order valence-corrected chi connectivity index (χ3v) is 4.84. The predicted molar refractivity (Wildman–Crippen MR) is 111 cm³/mol. The Labute approximate surface area is 167 Å². The van der Waals surface area contributed by atoms with Crippen molar-refractivity contribution < 1.29 is 9.47 Å². The molecule has 0 amide bonds. The van der Waals surface area contributed by atoms with Crippen LogP contribution in [0.15, 0.2) is 53.7 Å². The lowest BCUT2D eigenvalue weighted by Crippen LogP contribution is -2.46. The molecule has 1 aliphatic rings. The van der Waals surface area contributed by atoms with E-state index in [1.807, 2.05) is 37.4 Å². The Kier molecular flexibility index (Phi) is 7.67. The molecule has 0 radical (unpaired) electrons. The van der Waals surface area contributed by atoms with Crippen molar-refractivity contribution in [3.8, 4) is 5.75 Å². The van der Waals surface area contributed by atoms with Gasteiger partial charge in [0, 0.05) is 39.5 Å². The molecule has 1 aliphatic heterocycles. The minimum atomic E-state index is 0.387. The van der Waals surface area contributed by atoms with Crippen molar-refractivity contribution >= 4 is 5.96 Å². The van der Waals surface area contributed by atoms with Crippen molar-refractivity contribution in [1.29, 1.82) is 0 Å². The van der Waals surface area contributed by atoms with Gasteiger partial charge in [-0.2, -0.15) is 0 Å². The van der Waals surface area contributed by atoms with Gasteiger partial charge in [-0.25, -0.2) is 0 Å². The van der Waals surface area contributed by atoms with E-state index in [2.05, 4.69) is 39.2 Å². The van der Waals surface area contributed by atoms with Crippen molar-refractivity contribution in [2.24, 2.45) is 4.99 Å². The molecule has 0 aliphatic carbocycles. The summed E-state index contributed by atoms with van der Waals surface area (Å²) < 4.78 is 11.5. The first-order valence-corrected chi connectivity index (χ1v) is 9.97. The fraction of sp³-hybridized carbons (Fsp3) is 0.455. The zero-order chi connectivity index (χ0) is 19.6. The van der Waals surface area contributed by atoms with Crippen molar-refractivity contribution in [1.82, 2.24) is 15.2 Å². The fourth-order valence-electron chi connectivity index (χ4n) is 3.33. The second kappa shape index (κ2) is 10.7. The van der Waals surface area contributed by atoms with Gasteiger partial charge in [0.25, 0.3) is 0 Å². The normalized spacial score (nSPS) is 15.5. The Morgan fingerprint density at radius 1 is 1.18 bits per heavy atom. The number of pyridine rings is 1. The average Bonchev–Trinajstić information content (AvgIpc) is 2.75. The number of nitrogens with one attached hydrogen (secondary N) is 1. The Bertz CT molecular complexity index is 726. The van der Waals surface area contributed by atoms with Crippen molar-refractivity contribution in [2.45, 2.75) is 39.0 Å². The van der Waals surface area contributed by atoms with Crippen LogP contribution in [0.25, 0.3) is 0 Å². The number of benzene rings is 1. The fourth-order valence-corrected chi connectivity index (χ4v) is 3.33. The summed E-state index contributed by atoms with van der Waals surface area (Å²) in [7, 11) is 1.84. The van der Waals surface area contributed by atoms with Crippen molar-refractivity contribution in [3.63, 3.8) is 0 Å². The largest absolute Gasteiger partial charge is 0.487 e. The highest BCUT2D eigenvalue weighted by Gasteiger charge is 2.21. The molecular formula is C22H30N4O2. The minimum Gasteiger partial charge on any atom is -0.487 e. The lowest BCUT2D eigenvalue weighted by atomic mass is 10.1. The Morgan fingerprint density at radius 2 is 1.96 bits per heavy atom. The maximum atomic E-state index is 5.79. The lowest BCUT2D eigenvalue weighted by molar-refractivity contribution is 0.0263. The third-order valence-electron chi connectivity index (χ3n) is 4.84. The van der Waals surface area contributed by atoms with Gasteiger partial charge < -0.3 is 19.7 Å². The maximum Gasteiger partial charge on any atom is 0.193 e. The number of hydrogen-bond acceptors (Lipinski definition) is 4. The lowest BCUT2D eigenvalue weighted by Gasteiger charge is -2.34. The van der Waals surface area contributed by atoms with Gasteiger partial charge in [-0.1, -0.05) is 18.2 Å². The first kappa shape index (κ1) is 20.1. The molecule has 150 valence electrons. The van der Waals surface area contributed by atoms with Crippen LogP contribution < -0.4 is 10.1 Å². The van der Waals surface area contributed by atoms with Crippen LogP contribution in [0.4, 0.5) is 0 Å². The molecule has 2 aromatic rings. The molecule has 1 aromatic carbocycles. The molecule has 1 fully saturated rings. The maximum absolute atomic E-state index is 5.79. The van der Waals surface area contributed by atoms with Crippen LogP contribution in [0.1, 0.15) is 31.0 Å². The zero-order valence-electron chi connectivity index (χ0n) is 16.8. The third kappa shape index (κ3) is 5.96. The highest BCUT2D eigenvalue weighted by atomic mass is 16.5. The van der Waals surface area contributed by atoms with E-state index in [0.29, 0.717) is 12.7 Å². The van der Waals surface area contributed by atoms with Gasteiger partial charge in [-0.05, 0) is 49.6 Å². The monoisotopic (exact) mass is 382 g/mol. The molecule has 1 saturated heterocycles. The number of ether oxygens (including phenoxy) is 2. The number of aromatic nitrogens is 1. The molecular weight excluding hydrogens is 352 g/mol. The summed E-state index contributed by atoms with van der Waals surface area (Å²) in [6, 6.07) is 14.0. The minimum absolute atomic E-state index is 0.387. The second-order valence-electron chi connectivity index (χ2n) is 6.80. The summed E-state index contributed by atoms with van der Waals surface area (Å²) in [4.78, 5) is 11.0. The first-order chi connectivity index (χ1) is 13.8. The Morgan fingerprint density at radius 3 is 2.61 bits per heavy atom. The second-order valence-corrected chi connectivity index (χ2v) is 6.80. The van der Waals surface area contributed by atoms with E-state index < -0.39 is 0 Å². The van der Waals surface area contributed by atoms with E-state index in [1.165, 1.54) is 5.56 Å². The molecule has 0 unspecified atom stereocenters. The van der Waals surface area contributed by atoms with Crippen LogP contribution in [-0.2, 0) is 17.9 Å². The Balaban J connectivity index is 1.44. The topological polar surface area (TPSA) is 59.0 Å². The number of hydrogen-bond donors (Lipinski definition) is 1. The quantitative estimate of drug-likeness (QED) is 0.588. The van der Waals surface area contributed by atoms with Crippen molar-refractivity contribution in [3.05, 3.63) is 59.9 Å². The summed E-state index contributed by atoms with van der Waals surface area (Å²) in [6.07, 6.45) is 4.27. The van der Waals surface area contributed by atoms with Crippen molar-refractivity contribution in [2.75, 3.05) is 26.7 Å². The molecule has 3 rings (SSSR count). The van der Waals surface area contributed by atoms with Gasteiger partial charge in [0.05, 0.1) is 11.8 Å². The zero-order valence-corrected chi connectivity index (χ0v) is 16.8. The number of rotatable bonds is 7. The first-order valence-electron chi connectivity index (χ1n) is 9.97. The van der Waals surface area contributed by atoms with Gasteiger partial charge in [-0.15, -0.1) is 0 Å². The van der Waals surface area contributed by atoms with E-state index in [4.69, 9.17) is 9.47 Å². The standard InChI is InChI=1S/C22H30N4O2/c1-3-27-21-11-14-26(15-12-21)22(23-2)25-16-18-7-9-20(10-8-18)28-17-19-6-4-5-13-24-19/h4-10,13,21H,3,11-12,14-17H2,1-2H3,(H,23,25). The number of nitrogens with zero attached hydrogens (tertiary/aromatic N) is 3. The molecule has 0 atom stereocenters. The summed E-state index contributed by atoms with van der Waals surface area (Å²) >= 11 is 0. The molecule has 6 nitrogen and oxygen atoms in total. The summed E-state index contributed by atoms with van der Waals surface area (Å²) in [6.45, 7) is 6.01. The molecule has 0 spiro atoms. The predicted octanol–water partition coefficient (Wildman–Crippen LogP) is 3.24. The van der Waals surface area contributed by atoms with E-state index in [1.54, 1.807) is 6.20 Å². The van der Waals surface area contributed by atoms with Crippen LogP contribution in [0.5, 0.6) is 5.75 Å². The van der Waals surface area contributed by atoms with Crippen LogP contribution in [0, 0.1) is 0 Å². The van der Waals surface area contributed by atoms with Gasteiger partial charge in [-0.3, -0.25) is 9.98 Å². The molecule has 28 heavy (non-hydrogen) atoms. The van der Waals surface area contributed by atoms with E-state index in [9.17, 15) is 0 Å². The van der Waals surface area contributed by atoms with E-state index >= 15 is 0 Å². The molecule has 1 N–H and O–H groups in total. The highest BCUT2D eigenvalue weighted by molar-refractivity contribution is 5.79. The summed E-state index contributed by atoms with van der Waals surface area (Å²) in [5, 5.41) is 3.46. The van der Waals surface area contributed by atoms with E-state index in [0.717, 1.165) is 56.5 Å². The molecule has 6 heteroatoms. The molecule has 1 aromatic heterocycles. The van der Waals surface area contributed by atoms with Crippen LogP contribution in [0.2, 0.25) is 0 Å². The molecule has 0 bridgehead atoms. The van der Waals surface area contributed by atoms with Gasteiger partial charge in [0.1, 0.15) is 12.4 Å². The number of aliphatic imine (C=N–C) groups is 1. The average molecular weight is 383 g/mol. The SMILES string of the molecule is CCOC1CCN(C(=NC)NCc2ccc(OCc3ccccn3)cc2)CC1. The van der Waals surface area contributed by atoms with Gasteiger partial charge in [0.15, 0.2) is 5.96 Å². The van der Waals surface area contributed by atoms with Crippen LogP contribution in [-0.4, -0.2) is 48.7 Å². The number of guanidine groups is 1. The van der Waals surface area contributed by atoms with Crippen LogP contribution >= 0.6 is 0 Å². The Hall–Kier alpha value is -2.60. The highest BCUT2D eigenvalue weighted by Crippen LogP contribution is 2.15. The molecule has 2 heterocycles. The molecule has 0 saturated carbocycles. The summed E-state index contributed by atoms with van der Waals surface area (Å²) in [5.74, 6) is 1.79. The van der Waals surface area contributed by atoms with Gasteiger partial charge >= 0.3 is 0 Å². The van der Waals surface area contributed by atoms with Crippen LogP contribution in [0.3, 0.4) is 0 Å². The number of piperidine rings is 1. The van der Waals surface area contributed by atoms with Gasteiger partial charge in [0.2, 0.25) is 0 Å². The smallest absolute Gasteiger partial charge is 0.193 e. The summed E-state index contributed by atoms with van der Waals surface area (Å²) in [5.41, 5.74) is 2.11.